The molecule has 5 atom stereocenters. The Morgan fingerprint density at radius 2 is 1.52 bits per heavy atom. The summed E-state index contributed by atoms with van der Waals surface area (Å²) < 4.78 is 4.83. The van der Waals surface area contributed by atoms with Crippen molar-refractivity contribution in [3.63, 3.8) is 0 Å². The van der Waals surface area contributed by atoms with Gasteiger partial charge in [0.15, 0.2) is 12.2 Å². The highest BCUT2D eigenvalue weighted by Crippen LogP contribution is 2.19. The summed E-state index contributed by atoms with van der Waals surface area (Å²) in [6.07, 6.45) is -8.65. The molecule has 5 unspecified atom stereocenters. The number of aliphatic carboxylic acids is 2. The summed E-state index contributed by atoms with van der Waals surface area (Å²) >= 11 is 0. The minimum Gasteiger partial charge on any atom is -0.481 e. The standard InChI is InChI=1S/C12H19NO10/c14-6(2-1-4(10(18)19)11(20)21)13-3-5-7(15)8(16)9(17)12(22)23-5/h4-5,7-9,12,15-17,22H,1-3H2,(H,13,14)(H,18,19)(H,20,21). The van der Waals surface area contributed by atoms with Crippen LogP contribution in [-0.2, 0) is 19.1 Å². The quantitative estimate of drug-likeness (QED) is 0.229. The number of amides is 1. The number of rotatable bonds is 7. The van der Waals surface area contributed by atoms with Crippen molar-refractivity contribution in [3.05, 3.63) is 0 Å². The van der Waals surface area contributed by atoms with Crippen LogP contribution in [0.1, 0.15) is 12.8 Å². The molecule has 0 radical (unpaired) electrons. The maximum absolute atomic E-state index is 11.6. The Morgan fingerprint density at radius 1 is 0.957 bits per heavy atom. The fourth-order valence-corrected chi connectivity index (χ4v) is 2.03. The van der Waals surface area contributed by atoms with Crippen molar-refractivity contribution in [2.75, 3.05) is 6.54 Å². The number of ether oxygens (including phenoxy) is 1. The van der Waals surface area contributed by atoms with Crippen molar-refractivity contribution in [2.24, 2.45) is 5.92 Å². The highest BCUT2D eigenvalue weighted by atomic mass is 16.6. The number of hydrogen-bond acceptors (Lipinski definition) is 8. The van der Waals surface area contributed by atoms with Gasteiger partial charge < -0.3 is 40.7 Å². The molecule has 1 aliphatic heterocycles. The van der Waals surface area contributed by atoms with Crippen LogP contribution < -0.4 is 5.32 Å². The first-order valence-corrected chi connectivity index (χ1v) is 6.75. The average Bonchev–Trinajstić information content (AvgIpc) is 2.46. The first kappa shape index (κ1) is 19.3. The van der Waals surface area contributed by atoms with Gasteiger partial charge in [0.05, 0.1) is 0 Å². The molecule has 0 aromatic carbocycles. The molecule has 7 N–H and O–H groups in total. The van der Waals surface area contributed by atoms with Crippen LogP contribution in [0.5, 0.6) is 0 Å². The van der Waals surface area contributed by atoms with Gasteiger partial charge in [-0.25, -0.2) is 0 Å². The fraction of sp³-hybridized carbons (Fsp3) is 0.750. The molecule has 0 aliphatic carbocycles. The molecule has 1 amide bonds. The number of carbonyl (C=O) groups excluding carboxylic acids is 1. The van der Waals surface area contributed by atoms with Crippen LogP contribution in [0, 0.1) is 5.92 Å². The Morgan fingerprint density at radius 3 is 2.04 bits per heavy atom. The van der Waals surface area contributed by atoms with Gasteiger partial charge in [0, 0.05) is 13.0 Å². The van der Waals surface area contributed by atoms with Crippen LogP contribution >= 0.6 is 0 Å². The number of carboxylic acids is 2. The van der Waals surface area contributed by atoms with E-state index in [-0.39, 0.29) is 13.0 Å². The van der Waals surface area contributed by atoms with Crippen molar-refractivity contribution in [3.8, 4) is 0 Å². The van der Waals surface area contributed by atoms with Gasteiger partial charge in [-0.1, -0.05) is 0 Å². The van der Waals surface area contributed by atoms with Crippen LogP contribution in [0.4, 0.5) is 0 Å². The van der Waals surface area contributed by atoms with E-state index in [0.29, 0.717) is 0 Å². The molecule has 11 nitrogen and oxygen atoms in total. The van der Waals surface area contributed by atoms with Crippen LogP contribution in [0.15, 0.2) is 0 Å². The number of aliphatic hydroxyl groups is 4. The molecule has 1 heterocycles. The molecule has 0 aromatic heterocycles. The Kier molecular flexibility index (Phi) is 6.84. The van der Waals surface area contributed by atoms with Crippen molar-refractivity contribution < 1.29 is 49.8 Å². The van der Waals surface area contributed by atoms with Crippen molar-refractivity contribution in [1.29, 1.82) is 0 Å². The molecule has 1 fully saturated rings. The SMILES string of the molecule is O=C(CCC(C(=O)O)C(=O)O)NCC1OC(O)C(O)C(O)C1O. The summed E-state index contributed by atoms with van der Waals surface area (Å²) in [6.45, 7) is -0.328. The number of nitrogens with one attached hydrogen (secondary N) is 1. The van der Waals surface area contributed by atoms with Gasteiger partial charge in [0.1, 0.15) is 24.4 Å². The summed E-state index contributed by atoms with van der Waals surface area (Å²) in [5.74, 6) is -5.52. The van der Waals surface area contributed by atoms with Crippen molar-refractivity contribution >= 4 is 17.8 Å². The van der Waals surface area contributed by atoms with Crippen LogP contribution in [-0.4, -0.2) is 85.7 Å². The molecule has 1 saturated heterocycles. The summed E-state index contributed by atoms with van der Waals surface area (Å²) in [5, 5.41) is 57.3. The van der Waals surface area contributed by atoms with E-state index in [0.717, 1.165) is 0 Å². The van der Waals surface area contributed by atoms with E-state index in [9.17, 15) is 34.8 Å². The molecule has 0 bridgehead atoms. The first-order chi connectivity index (χ1) is 10.6. The Labute approximate surface area is 130 Å². The Bertz CT molecular complexity index is 441. The molecule has 23 heavy (non-hydrogen) atoms. The van der Waals surface area contributed by atoms with E-state index in [2.05, 4.69) is 5.32 Å². The second kappa shape index (κ2) is 8.17. The van der Waals surface area contributed by atoms with E-state index in [4.69, 9.17) is 14.9 Å². The third-order valence-electron chi connectivity index (χ3n) is 3.44. The molecule has 11 heteroatoms. The second-order valence-electron chi connectivity index (χ2n) is 5.11. The van der Waals surface area contributed by atoms with Gasteiger partial charge in [-0.05, 0) is 6.42 Å². The molecular weight excluding hydrogens is 318 g/mol. The maximum Gasteiger partial charge on any atom is 0.317 e. The van der Waals surface area contributed by atoms with Crippen molar-refractivity contribution in [2.45, 2.75) is 43.5 Å². The lowest BCUT2D eigenvalue weighted by molar-refractivity contribution is -0.280. The minimum absolute atomic E-state index is 0.328. The Hall–Kier alpha value is -1.79. The van der Waals surface area contributed by atoms with Gasteiger partial charge in [0.2, 0.25) is 5.91 Å². The van der Waals surface area contributed by atoms with Crippen molar-refractivity contribution in [1.82, 2.24) is 5.32 Å². The highest BCUT2D eigenvalue weighted by Gasteiger charge is 2.42. The monoisotopic (exact) mass is 337 g/mol. The topological polar surface area (TPSA) is 194 Å². The zero-order chi connectivity index (χ0) is 17.7. The lowest BCUT2D eigenvalue weighted by Gasteiger charge is -2.38. The summed E-state index contributed by atoms with van der Waals surface area (Å²) in [5.41, 5.74) is 0. The van der Waals surface area contributed by atoms with Gasteiger partial charge in [-0.3, -0.25) is 14.4 Å². The summed E-state index contributed by atoms with van der Waals surface area (Å²) in [7, 11) is 0. The van der Waals surface area contributed by atoms with E-state index in [1.807, 2.05) is 0 Å². The predicted molar refractivity (Wildman–Crippen MR) is 69.9 cm³/mol. The van der Waals surface area contributed by atoms with E-state index in [1.54, 1.807) is 0 Å². The molecular formula is C12H19NO10. The third-order valence-corrected chi connectivity index (χ3v) is 3.44. The molecule has 0 aromatic rings. The van der Waals surface area contributed by atoms with E-state index in [1.165, 1.54) is 0 Å². The number of carboxylic acid groups (broad SMARTS) is 2. The zero-order valence-corrected chi connectivity index (χ0v) is 11.9. The average molecular weight is 337 g/mol. The van der Waals surface area contributed by atoms with Crippen LogP contribution in [0.2, 0.25) is 0 Å². The lowest BCUT2D eigenvalue weighted by Crippen LogP contribution is -2.60. The first-order valence-electron chi connectivity index (χ1n) is 6.75. The summed E-state index contributed by atoms with van der Waals surface area (Å²) in [4.78, 5) is 32.9. The number of carbonyl (C=O) groups is 3. The van der Waals surface area contributed by atoms with Gasteiger partial charge >= 0.3 is 11.9 Å². The largest absolute Gasteiger partial charge is 0.481 e. The van der Waals surface area contributed by atoms with Gasteiger partial charge in [-0.2, -0.15) is 0 Å². The second-order valence-corrected chi connectivity index (χ2v) is 5.11. The highest BCUT2D eigenvalue weighted by molar-refractivity contribution is 5.93. The lowest BCUT2D eigenvalue weighted by atomic mass is 9.99. The zero-order valence-electron chi connectivity index (χ0n) is 11.9. The molecule has 132 valence electrons. The van der Waals surface area contributed by atoms with Gasteiger partial charge in [0.25, 0.3) is 0 Å². The maximum atomic E-state index is 11.6. The molecule has 0 spiro atoms. The Balaban J connectivity index is 2.44. The molecule has 0 saturated carbocycles. The predicted octanol–water partition coefficient (Wildman–Crippen LogP) is -3.53. The van der Waals surface area contributed by atoms with Gasteiger partial charge in [-0.15, -0.1) is 0 Å². The molecule has 1 rings (SSSR count). The fourth-order valence-electron chi connectivity index (χ4n) is 2.03. The smallest absolute Gasteiger partial charge is 0.317 e. The molecule has 1 aliphatic rings. The van der Waals surface area contributed by atoms with Crippen LogP contribution in [0.25, 0.3) is 0 Å². The van der Waals surface area contributed by atoms with E-state index >= 15 is 0 Å². The number of aliphatic hydroxyl groups excluding tert-OH is 4. The van der Waals surface area contributed by atoms with Crippen LogP contribution in [0.3, 0.4) is 0 Å². The minimum atomic E-state index is -1.74. The third kappa shape index (κ3) is 5.11. The van der Waals surface area contributed by atoms with E-state index < -0.39 is 60.9 Å². The summed E-state index contributed by atoms with van der Waals surface area (Å²) in [6, 6.07) is 0. The number of hydrogen-bond donors (Lipinski definition) is 7. The normalized spacial score (nSPS) is 30.9.